The van der Waals surface area contributed by atoms with E-state index in [9.17, 15) is 13.2 Å². The molecule has 0 fully saturated rings. The van der Waals surface area contributed by atoms with Crippen molar-refractivity contribution < 1.29 is 17.3 Å². The molecule has 0 aliphatic carbocycles. The third kappa shape index (κ3) is 3.88. The first-order chi connectivity index (χ1) is 14.3. The van der Waals surface area contributed by atoms with Crippen molar-refractivity contribution in [2.24, 2.45) is 0 Å². The number of aromatic nitrogens is 1. The van der Waals surface area contributed by atoms with Gasteiger partial charge in [0.25, 0.3) is 5.22 Å². The molecule has 0 aliphatic rings. The summed E-state index contributed by atoms with van der Waals surface area (Å²) in [5, 5.41) is 1.27. The fraction of sp³-hybridized carbons (Fsp3) is 0.238. The molecule has 4 aromatic rings. The van der Waals surface area contributed by atoms with Crippen molar-refractivity contribution in [3.63, 3.8) is 0 Å². The highest BCUT2D eigenvalue weighted by atomic mass is 32.2. The van der Waals surface area contributed by atoms with Gasteiger partial charge in [-0.2, -0.15) is 0 Å². The molecule has 0 amide bonds. The summed E-state index contributed by atoms with van der Waals surface area (Å²) in [4.78, 5) is 16.5. The number of thioether (sulfide) groups is 1. The number of hydrogen-bond acceptors (Lipinski definition) is 7. The van der Waals surface area contributed by atoms with Crippen molar-refractivity contribution in [1.82, 2.24) is 9.29 Å². The predicted octanol–water partition coefficient (Wildman–Crippen LogP) is 4.04. The number of hydrogen-bond donors (Lipinski definition) is 0. The summed E-state index contributed by atoms with van der Waals surface area (Å²) in [6.45, 7) is 2.04. The number of benzene rings is 2. The van der Waals surface area contributed by atoms with Crippen LogP contribution in [0.5, 0.6) is 0 Å². The maximum atomic E-state index is 12.3. The summed E-state index contributed by atoms with van der Waals surface area (Å²) in [7, 11) is -0.590. The Balaban J connectivity index is 1.63. The summed E-state index contributed by atoms with van der Waals surface area (Å²) >= 11 is 1.33. The van der Waals surface area contributed by atoms with Crippen LogP contribution in [0.2, 0.25) is 0 Å². The lowest BCUT2D eigenvalue weighted by atomic mass is 10.1. The minimum absolute atomic E-state index is 0.156. The van der Waals surface area contributed by atoms with Crippen LogP contribution in [0.1, 0.15) is 18.1 Å². The molecule has 2 aromatic heterocycles. The molecule has 0 saturated heterocycles. The molecular weight excluding hydrogens is 424 g/mol. The van der Waals surface area contributed by atoms with E-state index in [1.54, 1.807) is 6.07 Å². The Morgan fingerprint density at radius 3 is 2.57 bits per heavy atom. The Hall–Kier alpha value is -2.62. The number of oxazole rings is 1. The topological polar surface area (TPSA) is 93.6 Å². The number of aryl methyl sites for hydroxylation is 1. The van der Waals surface area contributed by atoms with Gasteiger partial charge in [0.05, 0.1) is 4.90 Å². The molecule has 7 nitrogen and oxygen atoms in total. The normalized spacial score (nSPS) is 12.3. The molecule has 2 heterocycles. The molecule has 9 heteroatoms. The fourth-order valence-corrected chi connectivity index (χ4v) is 4.82. The third-order valence-corrected chi connectivity index (χ3v) is 7.46. The molecule has 0 aliphatic heterocycles. The maximum Gasteiger partial charge on any atom is 0.336 e. The van der Waals surface area contributed by atoms with E-state index in [0.29, 0.717) is 27.7 Å². The Morgan fingerprint density at radius 2 is 1.83 bits per heavy atom. The quantitative estimate of drug-likeness (QED) is 0.327. The molecule has 0 bridgehead atoms. The third-order valence-electron chi connectivity index (χ3n) is 4.77. The summed E-state index contributed by atoms with van der Waals surface area (Å²) in [5.74, 6) is 0.462. The van der Waals surface area contributed by atoms with Gasteiger partial charge in [-0.05, 0) is 41.8 Å². The fourth-order valence-electron chi connectivity index (χ4n) is 3.07. The zero-order chi connectivity index (χ0) is 21.5. The van der Waals surface area contributed by atoms with Gasteiger partial charge in [0.15, 0.2) is 5.58 Å². The zero-order valence-corrected chi connectivity index (χ0v) is 18.3. The molecule has 0 spiro atoms. The maximum absolute atomic E-state index is 12.3. The minimum Gasteiger partial charge on any atom is -0.431 e. The van der Waals surface area contributed by atoms with Crippen molar-refractivity contribution in [2.75, 3.05) is 14.1 Å². The van der Waals surface area contributed by atoms with E-state index in [2.05, 4.69) is 4.98 Å². The molecule has 0 unspecified atom stereocenters. The molecule has 0 N–H and O–H groups in total. The minimum atomic E-state index is -3.55. The second-order valence-electron chi connectivity index (χ2n) is 6.96. The van der Waals surface area contributed by atoms with Crippen LogP contribution in [0.15, 0.2) is 66.2 Å². The van der Waals surface area contributed by atoms with Crippen LogP contribution < -0.4 is 5.63 Å². The van der Waals surface area contributed by atoms with Gasteiger partial charge in [-0.15, -0.1) is 0 Å². The van der Waals surface area contributed by atoms with Crippen LogP contribution in [0, 0.1) is 0 Å². The van der Waals surface area contributed by atoms with Crippen LogP contribution >= 0.6 is 11.8 Å². The number of sulfonamides is 1. The van der Waals surface area contributed by atoms with E-state index in [0.717, 1.165) is 27.2 Å². The Bertz CT molecular complexity index is 1400. The lowest BCUT2D eigenvalue weighted by molar-refractivity contribution is 0.489. The van der Waals surface area contributed by atoms with Crippen molar-refractivity contribution in [1.29, 1.82) is 0 Å². The highest BCUT2D eigenvalue weighted by Crippen LogP contribution is 2.30. The van der Waals surface area contributed by atoms with Crippen LogP contribution in [0.25, 0.3) is 22.1 Å². The molecule has 30 heavy (non-hydrogen) atoms. The smallest absolute Gasteiger partial charge is 0.336 e. The van der Waals surface area contributed by atoms with E-state index in [1.165, 1.54) is 44.1 Å². The molecule has 0 atom stereocenters. The van der Waals surface area contributed by atoms with E-state index in [1.807, 2.05) is 25.1 Å². The largest absolute Gasteiger partial charge is 0.431 e. The van der Waals surface area contributed by atoms with E-state index >= 15 is 0 Å². The average Bonchev–Trinajstić information content (AvgIpc) is 3.13. The molecule has 0 saturated carbocycles. The van der Waals surface area contributed by atoms with Crippen molar-refractivity contribution in [2.45, 2.75) is 29.2 Å². The molecule has 2 aromatic carbocycles. The highest BCUT2D eigenvalue weighted by molar-refractivity contribution is 7.98. The summed E-state index contributed by atoms with van der Waals surface area (Å²) in [6, 6.07) is 11.9. The van der Waals surface area contributed by atoms with Crippen molar-refractivity contribution in [3.05, 3.63) is 64.0 Å². The van der Waals surface area contributed by atoms with E-state index < -0.39 is 15.6 Å². The SMILES string of the molecule is CCc1ccc2c(CSc3nc4cc(S(=O)(=O)N(C)C)ccc4o3)cc(=O)oc2c1. The Labute approximate surface area is 177 Å². The van der Waals surface area contributed by atoms with Crippen molar-refractivity contribution in [3.8, 4) is 0 Å². The monoisotopic (exact) mass is 444 g/mol. The summed E-state index contributed by atoms with van der Waals surface area (Å²) < 4.78 is 36.9. The van der Waals surface area contributed by atoms with Crippen LogP contribution in [0.4, 0.5) is 0 Å². The molecule has 4 rings (SSSR count). The van der Waals surface area contributed by atoms with Gasteiger partial charge in [0.1, 0.15) is 11.1 Å². The lowest BCUT2D eigenvalue weighted by Crippen LogP contribution is -2.22. The van der Waals surface area contributed by atoms with Gasteiger partial charge in [0.2, 0.25) is 10.0 Å². The first-order valence-corrected chi connectivity index (χ1v) is 11.7. The van der Waals surface area contributed by atoms with Gasteiger partial charge < -0.3 is 8.83 Å². The molecule has 156 valence electrons. The van der Waals surface area contributed by atoms with Crippen LogP contribution in [-0.4, -0.2) is 31.8 Å². The number of rotatable bonds is 6. The van der Waals surface area contributed by atoms with Crippen molar-refractivity contribution >= 4 is 43.9 Å². The molecule has 0 radical (unpaired) electrons. The van der Waals surface area contributed by atoms with Gasteiger partial charge in [-0.25, -0.2) is 22.5 Å². The van der Waals surface area contributed by atoms with Gasteiger partial charge in [0, 0.05) is 31.3 Å². The predicted molar refractivity (Wildman–Crippen MR) is 116 cm³/mol. The summed E-state index contributed by atoms with van der Waals surface area (Å²) in [5.41, 5.74) is 3.05. The van der Waals surface area contributed by atoms with E-state index in [-0.39, 0.29) is 4.90 Å². The Kier molecular flexibility index (Phi) is 5.44. The first kappa shape index (κ1) is 20.6. The second kappa shape index (κ2) is 7.90. The van der Waals surface area contributed by atoms with Gasteiger partial charge in [-0.3, -0.25) is 0 Å². The van der Waals surface area contributed by atoms with Gasteiger partial charge >= 0.3 is 5.63 Å². The standard InChI is InChI=1S/C21H20N2O5S2/c1-4-13-5-7-16-14(10-20(24)27-19(16)9-13)12-29-21-22-17-11-15(6-8-18(17)28-21)30(25,26)23(2)3/h5-11H,4,12H2,1-3H3. The van der Waals surface area contributed by atoms with E-state index in [4.69, 9.17) is 8.83 Å². The lowest BCUT2D eigenvalue weighted by Gasteiger charge is -2.10. The zero-order valence-electron chi connectivity index (χ0n) is 16.7. The first-order valence-electron chi connectivity index (χ1n) is 9.29. The van der Waals surface area contributed by atoms with Crippen LogP contribution in [-0.2, 0) is 22.2 Å². The average molecular weight is 445 g/mol. The number of nitrogens with zero attached hydrogens (tertiary/aromatic N) is 2. The Morgan fingerprint density at radius 1 is 1.03 bits per heavy atom. The van der Waals surface area contributed by atoms with Crippen LogP contribution in [0.3, 0.4) is 0 Å². The molecular formula is C21H20N2O5S2. The van der Waals surface area contributed by atoms with Gasteiger partial charge in [-0.1, -0.05) is 30.8 Å². The summed E-state index contributed by atoms with van der Waals surface area (Å²) in [6.07, 6.45) is 0.854. The number of fused-ring (bicyclic) bond motifs is 2. The second-order valence-corrected chi connectivity index (χ2v) is 10.0. The highest BCUT2D eigenvalue weighted by Gasteiger charge is 2.19.